The zero-order valence-corrected chi connectivity index (χ0v) is 13.9. The van der Waals surface area contributed by atoms with Crippen LogP contribution in [0.5, 0.6) is 0 Å². The molecule has 0 N–H and O–H groups in total. The molecule has 1 saturated heterocycles. The molecule has 0 saturated carbocycles. The molecule has 1 fully saturated rings. The van der Waals surface area contributed by atoms with E-state index in [0.717, 1.165) is 25.2 Å². The predicted molar refractivity (Wildman–Crippen MR) is 85.7 cm³/mol. The fourth-order valence-electron chi connectivity index (χ4n) is 3.56. The molecule has 3 rings (SSSR count). The van der Waals surface area contributed by atoms with Crippen LogP contribution in [0.15, 0.2) is 18.2 Å². The van der Waals surface area contributed by atoms with E-state index in [0.29, 0.717) is 12.0 Å². The Balaban J connectivity index is 2.06. The molecule has 0 radical (unpaired) electrons. The minimum Gasteiger partial charge on any atom is -0.307 e. The van der Waals surface area contributed by atoms with Crippen LogP contribution in [0.2, 0.25) is 0 Å². The van der Waals surface area contributed by atoms with Gasteiger partial charge in [-0.3, -0.25) is 4.79 Å². The molecule has 0 aromatic heterocycles. The van der Waals surface area contributed by atoms with Gasteiger partial charge in [0.2, 0.25) is 5.91 Å². The fourth-order valence-corrected chi connectivity index (χ4v) is 3.78. The van der Waals surface area contributed by atoms with Gasteiger partial charge < -0.3 is 9.80 Å². The summed E-state index contributed by atoms with van der Waals surface area (Å²) in [6.45, 7) is 6.15. The fraction of sp³-hybridized carbons (Fsp3) is 0.562. The van der Waals surface area contributed by atoms with Crippen molar-refractivity contribution < 1.29 is 4.79 Å². The average Bonchev–Trinajstić information content (AvgIpc) is 2.71. The first-order valence-corrected chi connectivity index (χ1v) is 8.17. The van der Waals surface area contributed by atoms with Crippen LogP contribution in [0.25, 0.3) is 0 Å². The summed E-state index contributed by atoms with van der Waals surface area (Å²) >= 11 is 3.44. The van der Waals surface area contributed by atoms with Crippen molar-refractivity contribution >= 4 is 27.5 Å². The van der Waals surface area contributed by atoms with E-state index in [-0.39, 0.29) is 10.7 Å². The molecule has 0 aliphatic carbocycles. The lowest BCUT2D eigenvalue weighted by Gasteiger charge is -2.36. The van der Waals surface area contributed by atoms with Crippen LogP contribution < -0.4 is 4.90 Å². The van der Waals surface area contributed by atoms with Crippen molar-refractivity contribution in [2.75, 3.05) is 25.0 Å². The van der Waals surface area contributed by atoms with Crippen LogP contribution in [-0.2, 0) is 4.79 Å². The zero-order valence-electron chi connectivity index (χ0n) is 12.3. The van der Waals surface area contributed by atoms with Crippen molar-refractivity contribution in [1.82, 2.24) is 4.90 Å². The molecule has 0 bridgehead atoms. The van der Waals surface area contributed by atoms with Gasteiger partial charge >= 0.3 is 0 Å². The summed E-state index contributed by atoms with van der Waals surface area (Å²) in [6, 6.07) is 6.82. The minimum absolute atomic E-state index is 0.130. The van der Waals surface area contributed by atoms with E-state index >= 15 is 0 Å². The van der Waals surface area contributed by atoms with Crippen molar-refractivity contribution in [1.29, 1.82) is 0 Å². The summed E-state index contributed by atoms with van der Waals surface area (Å²) in [5.41, 5.74) is 3.75. The van der Waals surface area contributed by atoms with E-state index in [1.165, 1.54) is 11.1 Å². The maximum absolute atomic E-state index is 12.6. The lowest BCUT2D eigenvalue weighted by molar-refractivity contribution is -0.118. The number of carbonyl (C=O) groups is 1. The smallest absolute Gasteiger partial charge is 0.240 e. The van der Waals surface area contributed by atoms with Gasteiger partial charge in [-0.05, 0) is 45.5 Å². The Morgan fingerprint density at radius 1 is 1.45 bits per heavy atom. The van der Waals surface area contributed by atoms with Gasteiger partial charge in [0.15, 0.2) is 0 Å². The van der Waals surface area contributed by atoms with Crippen molar-refractivity contribution in [3.05, 3.63) is 29.3 Å². The van der Waals surface area contributed by atoms with Crippen LogP contribution in [0.1, 0.15) is 30.4 Å². The van der Waals surface area contributed by atoms with Crippen LogP contribution >= 0.6 is 15.9 Å². The van der Waals surface area contributed by atoms with Gasteiger partial charge in [0.05, 0.1) is 4.83 Å². The highest BCUT2D eigenvalue weighted by Crippen LogP contribution is 2.45. The standard InChI is InChI=1S/C16H21BrN2O/c1-10-4-5-14-12(8-10)13-9-18(3)7-6-15(13)19(14)16(20)11(2)17/h4-5,8,11,13,15H,6-7,9H2,1-3H3. The van der Waals surface area contributed by atoms with Crippen LogP contribution in [0.3, 0.4) is 0 Å². The Kier molecular flexibility index (Phi) is 3.63. The molecule has 2 heterocycles. The number of halogens is 1. The third-order valence-electron chi connectivity index (χ3n) is 4.53. The number of anilines is 1. The van der Waals surface area contributed by atoms with Crippen molar-refractivity contribution in [3.63, 3.8) is 0 Å². The maximum atomic E-state index is 12.6. The molecule has 3 unspecified atom stereocenters. The van der Waals surface area contributed by atoms with E-state index in [4.69, 9.17) is 0 Å². The van der Waals surface area contributed by atoms with Gasteiger partial charge in [0.25, 0.3) is 0 Å². The Bertz CT molecular complexity index is 543. The first-order chi connectivity index (χ1) is 9.49. The molecular weight excluding hydrogens is 316 g/mol. The van der Waals surface area contributed by atoms with E-state index in [1.807, 2.05) is 11.8 Å². The zero-order chi connectivity index (χ0) is 14.4. The summed E-state index contributed by atoms with van der Waals surface area (Å²) in [6.07, 6.45) is 1.06. The highest BCUT2D eigenvalue weighted by molar-refractivity contribution is 9.10. The van der Waals surface area contributed by atoms with Crippen molar-refractivity contribution in [3.8, 4) is 0 Å². The Labute approximate surface area is 129 Å². The van der Waals surface area contributed by atoms with E-state index in [9.17, 15) is 4.79 Å². The number of amides is 1. The van der Waals surface area contributed by atoms with Crippen molar-refractivity contribution in [2.45, 2.75) is 37.1 Å². The van der Waals surface area contributed by atoms with Gasteiger partial charge in [-0.25, -0.2) is 0 Å². The third-order valence-corrected chi connectivity index (χ3v) is 4.92. The monoisotopic (exact) mass is 336 g/mol. The molecular formula is C16H21BrN2O. The first kappa shape index (κ1) is 14.1. The van der Waals surface area contributed by atoms with Gasteiger partial charge in [-0.15, -0.1) is 0 Å². The SMILES string of the molecule is Cc1ccc2c(c1)C1CN(C)CCC1N2C(=O)C(C)Br. The molecule has 2 aliphatic heterocycles. The number of hydrogen-bond acceptors (Lipinski definition) is 2. The third kappa shape index (κ3) is 2.19. The number of benzene rings is 1. The number of hydrogen-bond donors (Lipinski definition) is 0. The number of likely N-dealkylation sites (tertiary alicyclic amines) is 1. The normalized spacial score (nSPS) is 27.1. The van der Waals surface area contributed by atoms with E-state index in [2.05, 4.69) is 53.0 Å². The Morgan fingerprint density at radius 2 is 2.20 bits per heavy atom. The second-order valence-corrected chi connectivity index (χ2v) is 7.48. The Hall–Kier alpha value is -0.870. The molecule has 2 aliphatic rings. The van der Waals surface area contributed by atoms with Gasteiger partial charge in [0.1, 0.15) is 0 Å². The predicted octanol–water partition coefficient (Wildman–Crippen LogP) is 2.91. The number of fused-ring (bicyclic) bond motifs is 3. The largest absolute Gasteiger partial charge is 0.307 e. The lowest BCUT2D eigenvalue weighted by Crippen LogP contribution is -2.48. The molecule has 1 aromatic carbocycles. The van der Waals surface area contributed by atoms with Crippen molar-refractivity contribution in [2.24, 2.45) is 0 Å². The number of alkyl halides is 1. The molecule has 108 valence electrons. The average molecular weight is 337 g/mol. The topological polar surface area (TPSA) is 23.6 Å². The minimum atomic E-state index is -0.130. The number of rotatable bonds is 1. The first-order valence-electron chi connectivity index (χ1n) is 7.25. The van der Waals surface area contributed by atoms with Gasteiger partial charge in [-0.1, -0.05) is 33.6 Å². The van der Waals surface area contributed by atoms with E-state index < -0.39 is 0 Å². The number of nitrogens with zero attached hydrogens (tertiary/aromatic N) is 2. The molecule has 1 aromatic rings. The summed E-state index contributed by atoms with van der Waals surface area (Å²) in [4.78, 5) is 16.9. The molecule has 4 heteroatoms. The van der Waals surface area contributed by atoms with Crippen LogP contribution in [-0.4, -0.2) is 41.8 Å². The number of piperidine rings is 1. The maximum Gasteiger partial charge on any atom is 0.240 e. The second-order valence-electron chi connectivity index (χ2n) is 6.11. The quantitative estimate of drug-likeness (QED) is 0.736. The number of likely N-dealkylation sites (N-methyl/N-ethyl adjacent to an activating group) is 1. The highest BCUT2D eigenvalue weighted by atomic mass is 79.9. The van der Waals surface area contributed by atoms with Crippen LogP contribution in [0.4, 0.5) is 5.69 Å². The van der Waals surface area contributed by atoms with Crippen LogP contribution in [0, 0.1) is 6.92 Å². The number of carbonyl (C=O) groups excluding carboxylic acids is 1. The van der Waals surface area contributed by atoms with E-state index in [1.54, 1.807) is 0 Å². The number of aryl methyl sites for hydroxylation is 1. The lowest BCUT2D eigenvalue weighted by atomic mass is 9.89. The summed E-state index contributed by atoms with van der Waals surface area (Å²) < 4.78 is 0. The molecule has 20 heavy (non-hydrogen) atoms. The van der Waals surface area contributed by atoms with Gasteiger partial charge in [0, 0.05) is 24.2 Å². The van der Waals surface area contributed by atoms with Gasteiger partial charge in [-0.2, -0.15) is 0 Å². The summed E-state index contributed by atoms with van der Waals surface area (Å²) in [5.74, 6) is 0.644. The molecule has 3 atom stereocenters. The highest BCUT2D eigenvalue weighted by Gasteiger charge is 2.44. The second kappa shape index (κ2) is 5.15. The Morgan fingerprint density at radius 3 is 2.90 bits per heavy atom. The molecule has 1 amide bonds. The summed E-state index contributed by atoms with van der Waals surface area (Å²) in [5, 5.41) is 0. The molecule has 3 nitrogen and oxygen atoms in total. The molecule has 0 spiro atoms. The summed E-state index contributed by atoms with van der Waals surface area (Å²) in [7, 11) is 2.17.